The van der Waals surface area contributed by atoms with Crippen molar-refractivity contribution in [3.8, 4) is 5.75 Å². The number of benzene rings is 2. The Bertz CT molecular complexity index is 603. The van der Waals surface area contributed by atoms with Crippen molar-refractivity contribution in [1.82, 2.24) is 0 Å². The predicted octanol–water partition coefficient (Wildman–Crippen LogP) is 3.96. The van der Waals surface area contributed by atoms with E-state index < -0.39 is 0 Å². The van der Waals surface area contributed by atoms with Crippen molar-refractivity contribution < 1.29 is 9.13 Å². The first-order chi connectivity index (χ1) is 10.1. The van der Waals surface area contributed by atoms with Gasteiger partial charge in [0.15, 0.2) is 0 Å². The number of hydrogen-bond acceptors (Lipinski definition) is 2. The maximum absolute atomic E-state index is 13.1. The Labute approximate surface area is 133 Å². The fourth-order valence-electron chi connectivity index (χ4n) is 2.37. The van der Waals surface area contributed by atoms with E-state index in [1.165, 1.54) is 17.7 Å². The molecule has 0 fully saturated rings. The van der Waals surface area contributed by atoms with E-state index in [2.05, 4.69) is 22.0 Å². The lowest BCUT2D eigenvalue weighted by atomic mass is 9.92. The molecule has 1 unspecified atom stereocenters. The molecule has 0 radical (unpaired) electrons. The summed E-state index contributed by atoms with van der Waals surface area (Å²) in [6, 6.07) is 12.8. The molecule has 2 aromatic carbocycles. The maximum Gasteiger partial charge on any atom is 0.124 e. The second-order valence-electron chi connectivity index (χ2n) is 5.10. The fraction of sp³-hybridized carbons (Fsp3) is 0.294. The number of halogens is 2. The molecule has 2 N–H and O–H groups in total. The van der Waals surface area contributed by atoms with Crippen LogP contribution < -0.4 is 10.5 Å². The molecule has 0 aliphatic rings. The smallest absolute Gasteiger partial charge is 0.124 e. The highest BCUT2D eigenvalue weighted by molar-refractivity contribution is 9.10. The molecular formula is C17H19BrFNO. The Morgan fingerprint density at radius 1 is 1.19 bits per heavy atom. The van der Waals surface area contributed by atoms with E-state index in [-0.39, 0.29) is 5.82 Å². The van der Waals surface area contributed by atoms with Gasteiger partial charge in [-0.2, -0.15) is 0 Å². The highest BCUT2D eigenvalue weighted by Crippen LogP contribution is 2.23. The quantitative estimate of drug-likeness (QED) is 0.854. The standard InChI is InChI=1S/C17H19BrFNO/c1-21-16-4-2-3-12(9-16)7-13(11-20)8-14-5-6-15(19)10-17(14)18/h2-6,9-10,13H,7-8,11,20H2,1H3. The summed E-state index contributed by atoms with van der Waals surface area (Å²) >= 11 is 3.41. The third-order valence-electron chi connectivity index (χ3n) is 3.52. The molecule has 2 rings (SSSR count). The van der Waals surface area contributed by atoms with Gasteiger partial charge in [0.05, 0.1) is 7.11 Å². The molecule has 0 amide bonds. The normalized spacial score (nSPS) is 12.2. The molecule has 0 aromatic heterocycles. The van der Waals surface area contributed by atoms with E-state index in [4.69, 9.17) is 10.5 Å². The Balaban J connectivity index is 2.09. The number of ether oxygens (including phenoxy) is 1. The Hall–Kier alpha value is -1.39. The molecule has 112 valence electrons. The van der Waals surface area contributed by atoms with Gasteiger partial charge in [-0.15, -0.1) is 0 Å². The van der Waals surface area contributed by atoms with Crippen LogP contribution in [0.3, 0.4) is 0 Å². The average Bonchev–Trinajstić information content (AvgIpc) is 2.49. The summed E-state index contributed by atoms with van der Waals surface area (Å²) in [4.78, 5) is 0. The Kier molecular flexibility index (Phi) is 5.76. The van der Waals surface area contributed by atoms with Gasteiger partial charge in [0.2, 0.25) is 0 Å². The van der Waals surface area contributed by atoms with Gasteiger partial charge in [-0.25, -0.2) is 4.39 Å². The van der Waals surface area contributed by atoms with Gasteiger partial charge in [0, 0.05) is 4.47 Å². The summed E-state index contributed by atoms with van der Waals surface area (Å²) in [7, 11) is 1.66. The monoisotopic (exact) mass is 351 g/mol. The molecule has 0 saturated heterocycles. The lowest BCUT2D eigenvalue weighted by Crippen LogP contribution is -2.19. The topological polar surface area (TPSA) is 35.2 Å². The molecule has 0 heterocycles. The molecule has 0 aliphatic heterocycles. The highest BCUT2D eigenvalue weighted by Gasteiger charge is 2.12. The minimum absolute atomic E-state index is 0.234. The minimum atomic E-state index is -0.234. The molecule has 0 saturated carbocycles. The largest absolute Gasteiger partial charge is 0.497 e. The van der Waals surface area contributed by atoms with Crippen molar-refractivity contribution in [2.45, 2.75) is 12.8 Å². The van der Waals surface area contributed by atoms with Gasteiger partial charge in [-0.05, 0) is 60.7 Å². The lowest BCUT2D eigenvalue weighted by molar-refractivity contribution is 0.413. The van der Waals surface area contributed by atoms with Crippen molar-refractivity contribution in [2.75, 3.05) is 13.7 Å². The third kappa shape index (κ3) is 4.55. The first kappa shape index (κ1) is 16.0. The molecule has 1 atom stereocenters. The highest BCUT2D eigenvalue weighted by atomic mass is 79.9. The van der Waals surface area contributed by atoms with Crippen molar-refractivity contribution in [1.29, 1.82) is 0 Å². The van der Waals surface area contributed by atoms with Crippen LogP contribution in [0.25, 0.3) is 0 Å². The van der Waals surface area contributed by atoms with E-state index in [1.54, 1.807) is 7.11 Å². The Morgan fingerprint density at radius 2 is 2.00 bits per heavy atom. The first-order valence-electron chi connectivity index (χ1n) is 6.89. The second-order valence-corrected chi connectivity index (χ2v) is 5.95. The van der Waals surface area contributed by atoms with Crippen LogP contribution in [0.1, 0.15) is 11.1 Å². The fourth-order valence-corrected chi connectivity index (χ4v) is 2.88. The van der Waals surface area contributed by atoms with Crippen LogP contribution in [0.4, 0.5) is 4.39 Å². The molecule has 2 nitrogen and oxygen atoms in total. The minimum Gasteiger partial charge on any atom is -0.497 e. The zero-order valence-electron chi connectivity index (χ0n) is 12.0. The van der Waals surface area contributed by atoms with Crippen LogP contribution in [0.15, 0.2) is 46.9 Å². The van der Waals surface area contributed by atoms with E-state index in [1.807, 2.05) is 24.3 Å². The molecule has 2 aromatic rings. The lowest BCUT2D eigenvalue weighted by Gasteiger charge is -2.16. The number of nitrogens with two attached hydrogens (primary N) is 1. The molecule has 4 heteroatoms. The number of rotatable bonds is 6. The van der Waals surface area contributed by atoms with E-state index in [0.29, 0.717) is 12.5 Å². The van der Waals surface area contributed by atoms with Crippen LogP contribution in [0, 0.1) is 11.7 Å². The van der Waals surface area contributed by atoms with Gasteiger partial charge < -0.3 is 10.5 Å². The van der Waals surface area contributed by atoms with Gasteiger partial charge in [0.1, 0.15) is 11.6 Å². The first-order valence-corrected chi connectivity index (χ1v) is 7.68. The molecule has 0 aliphatic carbocycles. The zero-order valence-corrected chi connectivity index (χ0v) is 13.6. The summed E-state index contributed by atoms with van der Waals surface area (Å²) in [5.74, 6) is 0.924. The summed E-state index contributed by atoms with van der Waals surface area (Å²) in [5, 5.41) is 0. The van der Waals surface area contributed by atoms with Gasteiger partial charge >= 0.3 is 0 Å². The molecular weight excluding hydrogens is 333 g/mol. The predicted molar refractivity (Wildman–Crippen MR) is 87.0 cm³/mol. The average molecular weight is 352 g/mol. The summed E-state index contributed by atoms with van der Waals surface area (Å²) < 4.78 is 19.2. The second kappa shape index (κ2) is 7.57. The van der Waals surface area contributed by atoms with Gasteiger partial charge in [-0.1, -0.05) is 34.1 Å². The van der Waals surface area contributed by atoms with E-state index >= 15 is 0 Å². The van der Waals surface area contributed by atoms with E-state index in [9.17, 15) is 4.39 Å². The third-order valence-corrected chi connectivity index (χ3v) is 4.25. The summed E-state index contributed by atoms with van der Waals surface area (Å²) in [6.07, 6.45) is 1.69. The molecule has 0 bridgehead atoms. The van der Waals surface area contributed by atoms with Crippen molar-refractivity contribution >= 4 is 15.9 Å². The van der Waals surface area contributed by atoms with Crippen LogP contribution in [0.5, 0.6) is 5.75 Å². The van der Waals surface area contributed by atoms with Crippen molar-refractivity contribution in [3.05, 3.63) is 63.9 Å². The number of methoxy groups -OCH3 is 1. The van der Waals surface area contributed by atoms with Gasteiger partial charge in [0.25, 0.3) is 0 Å². The summed E-state index contributed by atoms with van der Waals surface area (Å²) in [6.45, 7) is 0.584. The van der Waals surface area contributed by atoms with Crippen LogP contribution in [-0.4, -0.2) is 13.7 Å². The molecule has 21 heavy (non-hydrogen) atoms. The van der Waals surface area contributed by atoms with Crippen molar-refractivity contribution in [3.63, 3.8) is 0 Å². The van der Waals surface area contributed by atoms with Crippen LogP contribution in [-0.2, 0) is 12.8 Å². The van der Waals surface area contributed by atoms with Crippen LogP contribution in [0.2, 0.25) is 0 Å². The van der Waals surface area contributed by atoms with Gasteiger partial charge in [-0.3, -0.25) is 0 Å². The van der Waals surface area contributed by atoms with Crippen molar-refractivity contribution in [2.24, 2.45) is 11.7 Å². The maximum atomic E-state index is 13.1. The van der Waals surface area contributed by atoms with Crippen LogP contribution >= 0.6 is 15.9 Å². The zero-order chi connectivity index (χ0) is 15.2. The van der Waals surface area contributed by atoms with E-state index in [0.717, 1.165) is 28.6 Å². The number of hydrogen-bond donors (Lipinski definition) is 1. The molecule has 0 spiro atoms. The Morgan fingerprint density at radius 3 is 2.67 bits per heavy atom. The SMILES string of the molecule is COc1cccc(CC(CN)Cc2ccc(F)cc2Br)c1. The summed E-state index contributed by atoms with van der Waals surface area (Å²) in [5.41, 5.74) is 8.17.